The van der Waals surface area contributed by atoms with Gasteiger partial charge in [-0.25, -0.2) is 14.8 Å². The lowest BCUT2D eigenvalue weighted by molar-refractivity contribution is 0.0694. The van der Waals surface area contributed by atoms with Gasteiger partial charge in [-0.15, -0.1) is 0 Å². The number of aromatic nitrogens is 2. The summed E-state index contributed by atoms with van der Waals surface area (Å²) in [5, 5.41) is 12.3. The van der Waals surface area contributed by atoms with Crippen molar-refractivity contribution >= 4 is 5.97 Å². The second kappa shape index (κ2) is 5.88. The number of hydrogen-bond acceptors (Lipinski definition) is 5. The van der Waals surface area contributed by atoms with Crippen LogP contribution in [-0.4, -0.2) is 52.1 Å². The molecule has 1 aliphatic heterocycles. The van der Waals surface area contributed by atoms with Crippen LogP contribution in [0.5, 0.6) is 0 Å². The molecule has 2 N–H and O–H groups in total. The van der Waals surface area contributed by atoms with Gasteiger partial charge in [-0.05, 0) is 26.4 Å². The second-order valence-corrected chi connectivity index (χ2v) is 4.60. The summed E-state index contributed by atoms with van der Waals surface area (Å²) in [6.45, 7) is 2.47. The van der Waals surface area contributed by atoms with Crippen LogP contribution in [0.2, 0.25) is 0 Å². The summed E-state index contributed by atoms with van der Waals surface area (Å²) >= 11 is 0. The average molecular weight is 250 g/mol. The minimum Gasteiger partial charge on any atom is -0.478 e. The zero-order valence-corrected chi connectivity index (χ0v) is 10.5. The first-order valence-corrected chi connectivity index (χ1v) is 6.11. The molecule has 2 heterocycles. The van der Waals surface area contributed by atoms with Gasteiger partial charge in [-0.1, -0.05) is 0 Å². The minimum atomic E-state index is -0.981. The Hall–Kier alpha value is -1.53. The van der Waals surface area contributed by atoms with Crippen molar-refractivity contribution in [1.29, 1.82) is 0 Å². The molecule has 98 valence electrons. The summed E-state index contributed by atoms with van der Waals surface area (Å²) in [5.74, 6) is -0.981. The lowest BCUT2D eigenvalue weighted by Gasteiger charge is -2.19. The van der Waals surface area contributed by atoms with Crippen LogP contribution in [0.15, 0.2) is 12.5 Å². The van der Waals surface area contributed by atoms with Gasteiger partial charge >= 0.3 is 5.97 Å². The molecule has 2 rings (SSSR count). The van der Waals surface area contributed by atoms with E-state index >= 15 is 0 Å². The third-order valence-corrected chi connectivity index (χ3v) is 3.37. The molecule has 1 aromatic heterocycles. The highest BCUT2D eigenvalue weighted by Gasteiger charge is 2.20. The van der Waals surface area contributed by atoms with Crippen LogP contribution in [0, 0.1) is 0 Å². The van der Waals surface area contributed by atoms with E-state index < -0.39 is 5.97 Å². The van der Waals surface area contributed by atoms with Gasteiger partial charge in [0, 0.05) is 25.3 Å². The molecule has 0 saturated carbocycles. The number of carbonyl (C=O) groups is 1. The van der Waals surface area contributed by atoms with Gasteiger partial charge in [0.1, 0.15) is 11.9 Å². The number of carboxylic acid groups (broad SMARTS) is 1. The molecule has 0 bridgehead atoms. The van der Waals surface area contributed by atoms with E-state index in [2.05, 4.69) is 27.2 Å². The second-order valence-electron chi connectivity index (χ2n) is 4.60. The molecule has 0 radical (unpaired) electrons. The van der Waals surface area contributed by atoms with E-state index in [0.717, 1.165) is 13.1 Å². The summed E-state index contributed by atoms with van der Waals surface area (Å²) in [6.07, 6.45) is 5.15. The Morgan fingerprint density at radius 3 is 3.17 bits per heavy atom. The molecular formula is C12H18N4O2. The first-order chi connectivity index (χ1) is 8.68. The molecule has 6 heteroatoms. The van der Waals surface area contributed by atoms with E-state index in [1.807, 2.05) is 0 Å². The van der Waals surface area contributed by atoms with Gasteiger partial charge in [0.15, 0.2) is 0 Å². The number of likely N-dealkylation sites (tertiary alicyclic amines) is 1. The van der Waals surface area contributed by atoms with Gasteiger partial charge < -0.3 is 15.3 Å². The Morgan fingerprint density at radius 1 is 1.67 bits per heavy atom. The maximum atomic E-state index is 11.0. The highest BCUT2D eigenvalue weighted by atomic mass is 16.4. The van der Waals surface area contributed by atoms with Crippen molar-refractivity contribution < 1.29 is 9.90 Å². The number of nitrogens with one attached hydrogen (secondary N) is 1. The van der Waals surface area contributed by atoms with Crippen molar-refractivity contribution in [2.24, 2.45) is 0 Å². The lowest BCUT2D eigenvalue weighted by Crippen LogP contribution is -2.35. The number of likely N-dealkylation sites (N-methyl/N-ethyl adjacent to an activating group) is 1. The SMILES string of the molecule is CN1CCCC1CNCc1ncncc1C(=O)O. The Kier molecular flexibility index (Phi) is 4.22. The normalized spacial score (nSPS) is 20.2. The van der Waals surface area contributed by atoms with Crippen LogP contribution in [0.25, 0.3) is 0 Å². The van der Waals surface area contributed by atoms with Crippen LogP contribution < -0.4 is 5.32 Å². The standard InChI is InChI=1S/C12H18N4O2/c1-16-4-2-3-9(16)5-13-7-11-10(12(17)18)6-14-8-15-11/h6,8-9,13H,2-5,7H2,1H3,(H,17,18). The van der Waals surface area contributed by atoms with Gasteiger partial charge in [-0.2, -0.15) is 0 Å². The van der Waals surface area contributed by atoms with Gasteiger partial charge in [0.25, 0.3) is 0 Å². The number of nitrogens with zero attached hydrogens (tertiary/aromatic N) is 3. The predicted octanol–water partition coefficient (Wildman–Crippen LogP) is 0.359. The Bertz CT molecular complexity index is 424. The fourth-order valence-electron chi connectivity index (χ4n) is 2.27. The third kappa shape index (κ3) is 3.02. The van der Waals surface area contributed by atoms with E-state index in [9.17, 15) is 4.79 Å². The molecule has 1 saturated heterocycles. The fourth-order valence-corrected chi connectivity index (χ4v) is 2.27. The van der Waals surface area contributed by atoms with E-state index in [4.69, 9.17) is 5.11 Å². The van der Waals surface area contributed by atoms with E-state index in [1.165, 1.54) is 25.4 Å². The van der Waals surface area contributed by atoms with Gasteiger partial charge in [0.2, 0.25) is 0 Å². The van der Waals surface area contributed by atoms with Crippen molar-refractivity contribution in [3.8, 4) is 0 Å². The molecule has 0 amide bonds. The maximum Gasteiger partial charge on any atom is 0.339 e. The Balaban J connectivity index is 1.88. The van der Waals surface area contributed by atoms with Gasteiger partial charge in [0.05, 0.1) is 5.69 Å². The van der Waals surface area contributed by atoms with E-state index in [1.54, 1.807) is 0 Å². The minimum absolute atomic E-state index is 0.171. The van der Waals surface area contributed by atoms with Crippen LogP contribution >= 0.6 is 0 Å². The first-order valence-electron chi connectivity index (χ1n) is 6.11. The number of carboxylic acids is 1. The highest BCUT2D eigenvalue weighted by Crippen LogP contribution is 2.13. The largest absolute Gasteiger partial charge is 0.478 e. The molecule has 1 unspecified atom stereocenters. The molecule has 0 aliphatic carbocycles. The monoisotopic (exact) mass is 250 g/mol. The predicted molar refractivity (Wildman–Crippen MR) is 66.4 cm³/mol. The number of rotatable bonds is 5. The molecule has 1 fully saturated rings. The molecular weight excluding hydrogens is 232 g/mol. The van der Waals surface area contributed by atoms with Crippen LogP contribution in [0.3, 0.4) is 0 Å². The number of aromatic carboxylic acids is 1. The van der Waals surface area contributed by atoms with Crippen molar-refractivity contribution in [2.75, 3.05) is 20.1 Å². The lowest BCUT2D eigenvalue weighted by atomic mass is 10.2. The van der Waals surface area contributed by atoms with Crippen molar-refractivity contribution in [3.05, 3.63) is 23.8 Å². The topological polar surface area (TPSA) is 78.3 Å². The van der Waals surface area contributed by atoms with Crippen molar-refractivity contribution in [2.45, 2.75) is 25.4 Å². The average Bonchev–Trinajstić information content (AvgIpc) is 2.76. The van der Waals surface area contributed by atoms with Crippen molar-refractivity contribution in [1.82, 2.24) is 20.2 Å². The fraction of sp³-hybridized carbons (Fsp3) is 0.583. The summed E-state index contributed by atoms with van der Waals surface area (Å²) in [5.41, 5.74) is 0.711. The smallest absolute Gasteiger partial charge is 0.339 e. The quantitative estimate of drug-likeness (QED) is 0.785. The summed E-state index contributed by atoms with van der Waals surface area (Å²) < 4.78 is 0. The first kappa shape index (κ1) is 12.9. The van der Waals surface area contributed by atoms with E-state index in [-0.39, 0.29) is 5.56 Å². The van der Waals surface area contributed by atoms with Gasteiger partial charge in [-0.3, -0.25) is 0 Å². The summed E-state index contributed by atoms with van der Waals surface area (Å²) in [6, 6.07) is 0.542. The zero-order valence-electron chi connectivity index (χ0n) is 10.5. The highest BCUT2D eigenvalue weighted by molar-refractivity contribution is 5.88. The molecule has 6 nitrogen and oxygen atoms in total. The molecule has 18 heavy (non-hydrogen) atoms. The van der Waals surface area contributed by atoms with Crippen LogP contribution in [0.4, 0.5) is 0 Å². The van der Waals surface area contributed by atoms with Crippen LogP contribution in [0.1, 0.15) is 28.9 Å². The summed E-state index contributed by atoms with van der Waals surface area (Å²) in [7, 11) is 2.12. The molecule has 1 aromatic rings. The van der Waals surface area contributed by atoms with E-state index in [0.29, 0.717) is 18.3 Å². The van der Waals surface area contributed by atoms with Crippen molar-refractivity contribution in [3.63, 3.8) is 0 Å². The number of hydrogen-bond donors (Lipinski definition) is 2. The third-order valence-electron chi connectivity index (χ3n) is 3.37. The maximum absolute atomic E-state index is 11.0. The Labute approximate surface area is 106 Å². The zero-order chi connectivity index (χ0) is 13.0. The molecule has 1 atom stereocenters. The Morgan fingerprint density at radius 2 is 2.50 bits per heavy atom. The summed E-state index contributed by atoms with van der Waals surface area (Å²) in [4.78, 5) is 21.1. The molecule has 1 aliphatic rings. The molecule has 0 spiro atoms. The van der Waals surface area contributed by atoms with Crippen LogP contribution in [-0.2, 0) is 6.54 Å². The molecule has 0 aromatic carbocycles.